The van der Waals surface area contributed by atoms with Crippen molar-refractivity contribution in [1.29, 1.82) is 0 Å². The van der Waals surface area contributed by atoms with E-state index in [0.717, 1.165) is 23.1 Å². The number of carbonyl (C=O) groups is 1. The Labute approximate surface area is 191 Å². The van der Waals surface area contributed by atoms with E-state index in [1.165, 1.54) is 12.1 Å². The summed E-state index contributed by atoms with van der Waals surface area (Å²) >= 11 is 0. The van der Waals surface area contributed by atoms with Crippen molar-refractivity contribution in [1.82, 2.24) is 10.0 Å². The Morgan fingerprint density at radius 1 is 0.970 bits per heavy atom. The van der Waals surface area contributed by atoms with Crippen molar-refractivity contribution < 1.29 is 22.0 Å². The average molecular weight is 467 g/mol. The first-order chi connectivity index (χ1) is 15.8. The van der Waals surface area contributed by atoms with E-state index in [9.17, 15) is 17.6 Å². The summed E-state index contributed by atoms with van der Waals surface area (Å²) in [5, 5.41) is 3.71. The van der Waals surface area contributed by atoms with Crippen LogP contribution in [0.5, 0.6) is 0 Å². The first-order valence-electron chi connectivity index (χ1n) is 10.4. The van der Waals surface area contributed by atoms with Gasteiger partial charge in [-0.2, -0.15) is 4.72 Å². The molecular formula is C25H23FN2O4S. The van der Waals surface area contributed by atoms with E-state index in [0.29, 0.717) is 11.3 Å². The molecule has 0 aliphatic heterocycles. The van der Waals surface area contributed by atoms with Gasteiger partial charge in [0, 0.05) is 5.39 Å². The highest BCUT2D eigenvalue weighted by Crippen LogP contribution is 2.24. The summed E-state index contributed by atoms with van der Waals surface area (Å²) in [6, 6.07) is 21.7. The molecule has 4 rings (SSSR count). The van der Waals surface area contributed by atoms with Gasteiger partial charge in [-0.1, -0.05) is 60.7 Å². The number of hydrogen-bond donors (Lipinski definition) is 2. The van der Waals surface area contributed by atoms with Gasteiger partial charge in [-0.25, -0.2) is 12.8 Å². The van der Waals surface area contributed by atoms with Gasteiger partial charge >= 0.3 is 0 Å². The number of carbonyl (C=O) groups excluding carboxylic acids is 1. The fourth-order valence-corrected chi connectivity index (χ4v) is 4.83. The summed E-state index contributed by atoms with van der Waals surface area (Å²) in [4.78, 5) is 12.7. The van der Waals surface area contributed by atoms with Crippen LogP contribution in [0.15, 0.2) is 94.2 Å². The van der Waals surface area contributed by atoms with E-state index in [1.807, 2.05) is 36.4 Å². The van der Waals surface area contributed by atoms with E-state index in [1.54, 1.807) is 31.2 Å². The highest BCUT2D eigenvalue weighted by Gasteiger charge is 2.29. The lowest BCUT2D eigenvalue weighted by atomic mass is 10.1. The van der Waals surface area contributed by atoms with Gasteiger partial charge in [-0.15, -0.1) is 0 Å². The van der Waals surface area contributed by atoms with Crippen LogP contribution in [-0.4, -0.2) is 20.4 Å². The van der Waals surface area contributed by atoms with Crippen LogP contribution >= 0.6 is 0 Å². The minimum atomic E-state index is -4.29. The Hall–Kier alpha value is -3.49. The van der Waals surface area contributed by atoms with E-state index in [-0.39, 0.29) is 6.42 Å². The summed E-state index contributed by atoms with van der Waals surface area (Å²) in [5.41, 5.74) is 1.44. The van der Waals surface area contributed by atoms with E-state index in [4.69, 9.17) is 4.42 Å². The summed E-state index contributed by atoms with van der Waals surface area (Å²) < 4.78 is 48.1. The van der Waals surface area contributed by atoms with Gasteiger partial charge in [0.1, 0.15) is 28.1 Å². The molecule has 33 heavy (non-hydrogen) atoms. The first kappa shape index (κ1) is 22.7. The average Bonchev–Trinajstić information content (AvgIpc) is 3.24. The van der Waals surface area contributed by atoms with Crippen molar-refractivity contribution >= 4 is 26.9 Å². The molecular weight excluding hydrogens is 443 g/mol. The second-order valence-corrected chi connectivity index (χ2v) is 9.39. The molecule has 0 bridgehead atoms. The number of fused-ring (bicyclic) bond motifs is 1. The lowest BCUT2D eigenvalue weighted by Gasteiger charge is -2.21. The molecule has 0 spiro atoms. The Morgan fingerprint density at radius 3 is 2.36 bits per heavy atom. The second kappa shape index (κ2) is 9.56. The number of hydrogen-bond acceptors (Lipinski definition) is 4. The van der Waals surface area contributed by atoms with Crippen LogP contribution in [0.4, 0.5) is 4.39 Å². The van der Waals surface area contributed by atoms with Crippen LogP contribution in [0.2, 0.25) is 0 Å². The highest BCUT2D eigenvalue weighted by atomic mass is 32.2. The lowest BCUT2D eigenvalue weighted by molar-refractivity contribution is -0.123. The fraction of sp³-hybridized carbons (Fsp3) is 0.160. The molecule has 1 aromatic heterocycles. The molecule has 0 radical (unpaired) electrons. The Balaban J connectivity index is 1.58. The molecule has 2 N–H and O–H groups in total. The zero-order valence-electron chi connectivity index (χ0n) is 17.9. The van der Waals surface area contributed by atoms with Gasteiger partial charge < -0.3 is 9.73 Å². The van der Waals surface area contributed by atoms with Crippen LogP contribution in [-0.2, 0) is 21.2 Å². The van der Waals surface area contributed by atoms with Crippen molar-refractivity contribution in [2.45, 2.75) is 30.3 Å². The monoisotopic (exact) mass is 466 g/mol. The normalized spacial score (nSPS) is 13.5. The molecule has 1 heterocycles. The molecule has 0 saturated heterocycles. The third kappa shape index (κ3) is 5.30. The zero-order valence-corrected chi connectivity index (χ0v) is 18.7. The van der Waals surface area contributed by atoms with Crippen LogP contribution < -0.4 is 10.0 Å². The summed E-state index contributed by atoms with van der Waals surface area (Å²) in [6.07, 6.45) is 0.0905. The number of rotatable bonds is 8. The van der Waals surface area contributed by atoms with Gasteiger partial charge in [0.2, 0.25) is 15.9 Å². The number of furan rings is 1. The van der Waals surface area contributed by atoms with Gasteiger partial charge in [0.05, 0.1) is 6.04 Å². The predicted molar refractivity (Wildman–Crippen MR) is 123 cm³/mol. The quantitative estimate of drug-likeness (QED) is 0.404. The fourth-order valence-electron chi connectivity index (χ4n) is 3.55. The summed E-state index contributed by atoms with van der Waals surface area (Å²) in [7, 11) is -4.29. The number of para-hydroxylation sites is 1. The largest absolute Gasteiger partial charge is 0.459 e. The lowest BCUT2D eigenvalue weighted by Crippen LogP contribution is -2.48. The molecule has 4 aromatic rings. The van der Waals surface area contributed by atoms with Gasteiger partial charge in [0.25, 0.3) is 0 Å². The molecule has 3 aromatic carbocycles. The van der Waals surface area contributed by atoms with Gasteiger partial charge in [-0.3, -0.25) is 4.79 Å². The van der Waals surface area contributed by atoms with Crippen molar-refractivity contribution in [2.24, 2.45) is 0 Å². The molecule has 1 amide bonds. The maximum atomic E-state index is 14.2. The van der Waals surface area contributed by atoms with Crippen molar-refractivity contribution in [2.75, 3.05) is 0 Å². The first-order valence-corrected chi connectivity index (χ1v) is 11.9. The molecule has 0 aliphatic rings. The maximum absolute atomic E-state index is 14.2. The van der Waals surface area contributed by atoms with Crippen LogP contribution in [0.3, 0.4) is 0 Å². The van der Waals surface area contributed by atoms with Crippen LogP contribution in [0.25, 0.3) is 11.0 Å². The van der Waals surface area contributed by atoms with Crippen molar-refractivity contribution in [3.05, 3.63) is 102 Å². The topological polar surface area (TPSA) is 88.4 Å². The molecule has 2 atom stereocenters. The minimum absolute atomic E-state index is 0.0905. The number of halogens is 1. The number of sulfonamides is 1. The van der Waals surface area contributed by atoms with E-state index in [2.05, 4.69) is 10.0 Å². The Kier molecular flexibility index (Phi) is 6.57. The van der Waals surface area contributed by atoms with Crippen LogP contribution in [0, 0.1) is 5.82 Å². The predicted octanol–water partition coefficient (Wildman–Crippen LogP) is 4.34. The summed E-state index contributed by atoms with van der Waals surface area (Å²) in [6.45, 7) is 1.75. The summed E-state index contributed by atoms with van der Waals surface area (Å²) in [5.74, 6) is -0.897. The van der Waals surface area contributed by atoms with E-state index >= 15 is 0 Å². The Morgan fingerprint density at radius 2 is 1.64 bits per heavy atom. The van der Waals surface area contributed by atoms with Gasteiger partial charge in [-0.05, 0) is 43.2 Å². The number of benzene rings is 3. The second-order valence-electron chi connectivity index (χ2n) is 7.71. The highest BCUT2D eigenvalue weighted by molar-refractivity contribution is 7.89. The third-order valence-corrected chi connectivity index (χ3v) is 6.76. The standard InChI is InChI=1S/C25H23FN2O4S/c1-17(23-16-19-11-5-7-13-22(19)32-23)27-25(29)21(15-18-9-3-2-4-10-18)28-33(30,31)24-14-8-6-12-20(24)26/h2-14,16-17,21,28H,15H2,1H3,(H,27,29). The molecule has 0 aliphatic carbocycles. The molecule has 2 unspecified atom stereocenters. The number of nitrogens with one attached hydrogen (secondary N) is 2. The number of amides is 1. The molecule has 8 heteroatoms. The van der Waals surface area contributed by atoms with Crippen molar-refractivity contribution in [3.8, 4) is 0 Å². The SMILES string of the molecule is CC(NC(=O)C(Cc1ccccc1)NS(=O)(=O)c1ccccc1F)c1cc2ccccc2o1. The molecule has 6 nitrogen and oxygen atoms in total. The van der Waals surface area contributed by atoms with Crippen molar-refractivity contribution in [3.63, 3.8) is 0 Å². The molecule has 0 saturated carbocycles. The minimum Gasteiger partial charge on any atom is -0.459 e. The third-order valence-electron chi connectivity index (χ3n) is 5.25. The van der Waals surface area contributed by atoms with E-state index < -0.39 is 38.7 Å². The molecule has 170 valence electrons. The maximum Gasteiger partial charge on any atom is 0.244 e. The Bertz CT molecular complexity index is 1340. The van der Waals surface area contributed by atoms with Crippen LogP contribution in [0.1, 0.15) is 24.3 Å². The van der Waals surface area contributed by atoms with Gasteiger partial charge in [0.15, 0.2) is 0 Å². The smallest absolute Gasteiger partial charge is 0.244 e. The molecule has 0 fully saturated rings. The zero-order chi connectivity index (χ0) is 23.4.